The molecule has 0 saturated heterocycles. The van der Waals surface area contributed by atoms with Gasteiger partial charge in [0.2, 0.25) is 0 Å². The molecule has 5 heteroatoms. The van der Waals surface area contributed by atoms with Gasteiger partial charge in [-0.3, -0.25) is 0 Å². The minimum absolute atomic E-state index is 0.0648. The van der Waals surface area contributed by atoms with E-state index in [1.54, 1.807) is 14.2 Å². The predicted octanol–water partition coefficient (Wildman–Crippen LogP) is 2.19. The molecule has 4 nitrogen and oxygen atoms in total. The Kier molecular flexibility index (Phi) is 5.53. The highest BCUT2D eigenvalue weighted by atomic mass is 19.1. The van der Waals surface area contributed by atoms with Crippen LogP contribution >= 0.6 is 0 Å². The SMILES string of the molecule is COC(OC)C(C)NC(C)c1cc(F)ccc1O. The van der Waals surface area contributed by atoms with Gasteiger partial charge in [-0.05, 0) is 32.0 Å². The molecule has 0 fully saturated rings. The maximum atomic E-state index is 13.1. The average Bonchev–Trinajstić information content (AvgIpc) is 2.33. The molecule has 102 valence electrons. The van der Waals surface area contributed by atoms with Crippen molar-refractivity contribution in [2.75, 3.05) is 14.2 Å². The van der Waals surface area contributed by atoms with Gasteiger partial charge in [0.05, 0.1) is 6.04 Å². The third-order valence-electron chi connectivity index (χ3n) is 2.84. The van der Waals surface area contributed by atoms with E-state index in [1.165, 1.54) is 18.2 Å². The van der Waals surface area contributed by atoms with Gasteiger partial charge in [0, 0.05) is 25.8 Å². The topological polar surface area (TPSA) is 50.7 Å². The van der Waals surface area contributed by atoms with Crippen LogP contribution < -0.4 is 5.32 Å². The molecule has 0 aromatic heterocycles. The number of hydrogen-bond donors (Lipinski definition) is 2. The van der Waals surface area contributed by atoms with Gasteiger partial charge in [0.15, 0.2) is 6.29 Å². The van der Waals surface area contributed by atoms with Crippen molar-refractivity contribution in [1.29, 1.82) is 0 Å². The Bertz CT molecular complexity index is 382. The van der Waals surface area contributed by atoms with Crippen molar-refractivity contribution in [2.24, 2.45) is 0 Å². The van der Waals surface area contributed by atoms with Gasteiger partial charge in [-0.2, -0.15) is 0 Å². The Morgan fingerprint density at radius 2 is 1.83 bits per heavy atom. The van der Waals surface area contributed by atoms with E-state index in [4.69, 9.17) is 9.47 Å². The molecule has 0 bridgehead atoms. The van der Waals surface area contributed by atoms with Crippen molar-refractivity contribution in [3.63, 3.8) is 0 Å². The Labute approximate surface area is 107 Å². The van der Waals surface area contributed by atoms with Crippen LogP contribution in [0.1, 0.15) is 25.5 Å². The molecule has 2 atom stereocenters. The molecule has 0 amide bonds. The first kappa shape index (κ1) is 14.9. The number of nitrogens with one attached hydrogen (secondary N) is 1. The van der Waals surface area contributed by atoms with Gasteiger partial charge in [-0.1, -0.05) is 0 Å². The molecule has 0 saturated carbocycles. The van der Waals surface area contributed by atoms with Gasteiger partial charge in [-0.25, -0.2) is 4.39 Å². The zero-order valence-corrected chi connectivity index (χ0v) is 11.1. The molecule has 0 radical (unpaired) electrons. The third-order valence-corrected chi connectivity index (χ3v) is 2.84. The molecule has 0 heterocycles. The fraction of sp³-hybridized carbons (Fsp3) is 0.538. The highest BCUT2D eigenvalue weighted by Crippen LogP contribution is 2.25. The van der Waals surface area contributed by atoms with Crippen LogP contribution in [0.25, 0.3) is 0 Å². The van der Waals surface area contributed by atoms with E-state index < -0.39 is 6.29 Å². The van der Waals surface area contributed by atoms with Crippen LogP contribution in [0.4, 0.5) is 4.39 Å². The van der Waals surface area contributed by atoms with E-state index in [0.29, 0.717) is 5.56 Å². The lowest BCUT2D eigenvalue weighted by Crippen LogP contribution is -2.40. The van der Waals surface area contributed by atoms with Gasteiger partial charge in [-0.15, -0.1) is 0 Å². The molecule has 0 aliphatic heterocycles. The van der Waals surface area contributed by atoms with Crippen LogP contribution in [0.2, 0.25) is 0 Å². The second-order valence-corrected chi connectivity index (χ2v) is 4.22. The van der Waals surface area contributed by atoms with Crippen LogP contribution in [0.3, 0.4) is 0 Å². The van der Waals surface area contributed by atoms with E-state index in [1.807, 2.05) is 13.8 Å². The molecule has 2 unspecified atom stereocenters. The molecule has 18 heavy (non-hydrogen) atoms. The number of phenolic OH excluding ortho intramolecular Hbond substituents is 1. The number of methoxy groups -OCH3 is 2. The molecule has 1 aromatic carbocycles. The van der Waals surface area contributed by atoms with Crippen LogP contribution in [-0.4, -0.2) is 31.7 Å². The Balaban J connectivity index is 2.75. The number of hydrogen-bond acceptors (Lipinski definition) is 4. The van der Waals surface area contributed by atoms with Crippen molar-refractivity contribution in [3.05, 3.63) is 29.6 Å². The standard InChI is InChI=1S/C13H20FNO3/c1-8(15-9(2)13(17-3)18-4)11-7-10(14)5-6-12(11)16/h5-9,13,15-16H,1-4H3. The predicted molar refractivity (Wildman–Crippen MR) is 66.9 cm³/mol. The van der Waals surface area contributed by atoms with Crippen molar-refractivity contribution < 1.29 is 19.0 Å². The summed E-state index contributed by atoms with van der Waals surface area (Å²) in [5.74, 6) is -0.311. The lowest BCUT2D eigenvalue weighted by Gasteiger charge is -2.26. The van der Waals surface area contributed by atoms with Crippen molar-refractivity contribution in [1.82, 2.24) is 5.32 Å². The number of halogens is 1. The summed E-state index contributed by atoms with van der Waals surface area (Å²) in [6.07, 6.45) is -0.400. The second kappa shape index (κ2) is 6.68. The number of benzene rings is 1. The largest absolute Gasteiger partial charge is 0.508 e. The summed E-state index contributed by atoms with van der Waals surface area (Å²) in [5.41, 5.74) is 0.507. The zero-order chi connectivity index (χ0) is 13.7. The zero-order valence-electron chi connectivity index (χ0n) is 11.1. The van der Waals surface area contributed by atoms with E-state index in [2.05, 4.69) is 5.32 Å². The third kappa shape index (κ3) is 3.66. The highest BCUT2D eigenvalue weighted by molar-refractivity contribution is 5.34. The van der Waals surface area contributed by atoms with E-state index in [0.717, 1.165) is 0 Å². The van der Waals surface area contributed by atoms with Crippen molar-refractivity contribution in [3.8, 4) is 5.75 Å². The van der Waals surface area contributed by atoms with E-state index in [-0.39, 0.29) is 23.7 Å². The Morgan fingerprint density at radius 1 is 1.22 bits per heavy atom. The van der Waals surface area contributed by atoms with Crippen LogP contribution in [-0.2, 0) is 9.47 Å². The smallest absolute Gasteiger partial charge is 0.171 e. The average molecular weight is 257 g/mol. The molecule has 1 rings (SSSR count). The lowest BCUT2D eigenvalue weighted by atomic mass is 10.1. The van der Waals surface area contributed by atoms with E-state index in [9.17, 15) is 9.50 Å². The number of rotatable bonds is 6. The van der Waals surface area contributed by atoms with Crippen LogP contribution in [0.15, 0.2) is 18.2 Å². The molecular weight excluding hydrogens is 237 g/mol. The summed E-state index contributed by atoms with van der Waals surface area (Å²) < 4.78 is 23.4. The fourth-order valence-electron chi connectivity index (χ4n) is 1.94. The Hall–Kier alpha value is -1.17. The first-order chi connectivity index (χ1) is 8.49. The van der Waals surface area contributed by atoms with Crippen LogP contribution in [0, 0.1) is 5.82 Å². The van der Waals surface area contributed by atoms with Crippen molar-refractivity contribution in [2.45, 2.75) is 32.2 Å². The minimum atomic E-state index is -0.400. The maximum Gasteiger partial charge on any atom is 0.171 e. The minimum Gasteiger partial charge on any atom is -0.508 e. The quantitative estimate of drug-likeness (QED) is 0.767. The maximum absolute atomic E-state index is 13.1. The van der Waals surface area contributed by atoms with Crippen molar-refractivity contribution >= 4 is 0 Å². The molecular formula is C13H20FNO3. The number of phenols is 1. The number of aromatic hydroxyl groups is 1. The lowest BCUT2D eigenvalue weighted by molar-refractivity contribution is -0.120. The Morgan fingerprint density at radius 3 is 2.39 bits per heavy atom. The summed E-state index contributed by atoms with van der Waals surface area (Å²) in [7, 11) is 3.10. The van der Waals surface area contributed by atoms with E-state index >= 15 is 0 Å². The van der Waals surface area contributed by atoms with Crippen LogP contribution in [0.5, 0.6) is 5.75 Å². The summed E-state index contributed by atoms with van der Waals surface area (Å²) in [6, 6.07) is 3.56. The summed E-state index contributed by atoms with van der Waals surface area (Å²) in [6.45, 7) is 3.73. The number of ether oxygens (including phenoxy) is 2. The molecule has 0 aliphatic carbocycles. The highest BCUT2D eigenvalue weighted by Gasteiger charge is 2.20. The first-order valence-electron chi connectivity index (χ1n) is 5.79. The van der Waals surface area contributed by atoms with Gasteiger partial charge < -0.3 is 19.9 Å². The molecule has 1 aromatic rings. The normalized spacial score (nSPS) is 14.8. The molecule has 0 spiro atoms. The fourth-order valence-corrected chi connectivity index (χ4v) is 1.94. The molecule has 2 N–H and O–H groups in total. The molecule has 0 aliphatic rings. The first-order valence-corrected chi connectivity index (χ1v) is 5.79. The van der Waals surface area contributed by atoms with Gasteiger partial charge in [0.25, 0.3) is 0 Å². The monoisotopic (exact) mass is 257 g/mol. The van der Waals surface area contributed by atoms with Gasteiger partial charge >= 0.3 is 0 Å². The van der Waals surface area contributed by atoms with Gasteiger partial charge in [0.1, 0.15) is 11.6 Å². The summed E-state index contributed by atoms with van der Waals surface area (Å²) >= 11 is 0. The summed E-state index contributed by atoms with van der Waals surface area (Å²) in [4.78, 5) is 0. The summed E-state index contributed by atoms with van der Waals surface area (Å²) in [5, 5.41) is 12.9. The second-order valence-electron chi connectivity index (χ2n) is 4.22.